The van der Waals surface area contributed by atoms with E-state index in [4.69, 9.17) is 11.6 Å². The van der Waals surface area contributed by atoms with Gasteiger partial charge in [-0.3, -0.25) is 4.79 Å². The lowest BCUT2D eigenvalue weighted by atomic mass is 10.1. The van der Waals surface area contributed by atoms with Gasteiger partial charge in [0, 0.05) is 10.6 Å². The monoisotopic (exact) mass is 197 g/mol. The van der Waals surface area contributed by atoms with Gasteiger partial charge in [-0.15, -0.1) is 0 Å². The second-order valence-corrected chi connectivity index (χ2v) is 3.09. The van der Waals surface area contributed by atoms with Crippen molar-refractivity contribution in [2.75, 3.05) is 0 Å². The Balaban J connectivity index is 2.89. The van der Waals surface area contributed by atoms with E-state index in [9.17, 15) is 9.70 Å². The van der Waals surface area contributed by atoms with E-state index in [1.54, 1.807) is 24.3 Å². The molecule has 0 aliphatic rings. The predicted octanol–water partition coefficient (Wildman–Crippen LogP) is 2.68. The molecule has 1 atom stereocenters. The van der Waals surface area contributed by atoms with Crippen molar-refractivity contribution in [3.05, 3.63) is 39.8 Å². The number of nitrogens with zero attached hydrogens (tertiary/aromatic N) is 1. The Morgan fingerprint density at radius 2 is 1.92 bits per heavy atom. The van der Waals surface area contributed by atoms with Gasteiger partial charge in [0.15, 0.2) is 11.8 Å². The van der Waals surface area contributed by atoms with Crippen molar-refractivity contribution < 1.29 is 4.79 Å². The molecule has 0 saturated heterocycles. The number of hydrogen-bond donors (Lipinski definition) is 0. The molecule has 0 radical (unpaired) electrons. The fraction of sp³-hybridized carbons (Fsp3) is 0.222. The topological polar surface area (TPSA) is 46.5 Å². The van der Waals surface area contributed by atoms with Gasteiger partial charge in [-0.05, 0) is 31.2 Å². The molecule has 0 aromatic heterocycles. The molecule has 0 aliphatic carbocycles. The molecule has 0 N–H and O–H groups in total. The molecule has 4 heteroatoms. The van der Waals surface area contributed by atoms with Crippen molar-refractivity contribution in [2.45, 2.75) is 13.0 Å². The maximum absolute atomic E-state index is 11.4. The van der Waals surface area contributed by atoms with Crippen LogP contribution in [0.15, 0.2) is 29.4 Å². The predicted molar refractivity (Wildman–Crippen MR) is 51.0 cm³/mol. The number of carbonyl (C=O) groups excluding carboxylic acids is 1. The van der Waals surface area contributed by atoms with Crippen molar-refractivity contribution in [2.24, 2.45) is 5.18 Å². The zero-order chi connectivity index (χ0) is 9.84. The largest absolute Gasteiger partial charge is 0.292 e. The van der Waals surface area contributed by atoms with Gasteiger partial charge in [0.05, 0.1) is 0 Å². The summed E-state index contributed by atoms with van der Waals surface area (Å²) in [5.74, 6) is -0.285. The molecule has 68 valence electrons. The maximum atomic E-state index is 11.4. The fourth-order valence-electron chi connectivity index (χ4n) is 0.903. The first-order chi connectivity index (χ1) is 6.15. The lowest BCUT2D eigenvalue weighted by Crippen LogP contribution is -2.13. The smallest absolute Gasteiger partial charge is 0.190 e. The van der Waals surface area contributed by atoms with Gasteiger partial charge >= 0.3 is 0 Å². The lowest BCUT2D eigenvalue weighted by Gasteiger charge is -2.01. The Hall–Kier alpha value is -1.22. The van der Waals surface area contributed by atoms with Crippen molar-refractivity contribution in [1.82, 2.24) is 0 Å². The van der Waals surface area contributed by atoms with Crippen LogP contribution in [0, 0.1) is 4.91 Å². The highest BCUT2D eigenvalue weighted by Gasteiger charge is 2.14. The van der Waals surface area contributed by atoms with E-state index in [1.165, 1.54) is 6.92 Å². The minimum Gasteiger partial charge on any atom is -0.292 e. The summed E-state index contributed by atoms with van der Waals surface area (Å²) in [6, 6.07) is 5.53. The van der Waals surface area contributed by atoms with E-state index in [0.717, 1.165) is 0 Å². The summed E-state index contributed by atoms with van der Waals surface area (Å²) in [5.41, 5.74) is 0.455. The minimum atomic E-state index is -0.832. The summed E-state index contributed by atoms with van der Waals surface area (Å²) in [6.45, 7) is 1.46. The molecule has 0 amide bonds. The van der Waals surface area contributed by atoms with Crippen LogP contribution in [0.2, 0.25) is 5.02 Å². The highest BCUT2D eigenvalue weighted by Crippen LogP contribution is 2.11. The number of hydrogen-bond acceptors (Lipinski definition) is 3. The van der Waals surface area contributed by atoms with Gasteiger partial charge < -0.3 is 0 Å². The van der Waals surface area contributed by atoms with E-state index in [1.807, 2.05) is 0 Å². The third-order valence-corrected chi connectivity index (χ3v) is 1.92. The Labute approximate surface area is 80.7 Å². The SMILES string of the molecule is CC(N=O)C(=O)c1ccc(Cl)cc1. The standard InChI is InChI=1S/C9H8ClNO2/c1-6(11-13)9(12)7-2-4-8(10)5-3-7/h2-6H,1H3. The molecule has 0 heterocycles. The first kappa shape index (κ1) is 9.86. The van der Waals surface area contributed by atoms with Crippen molar-refractivity contribution in [1.29, 1.82) is 0 Å². The minimum absolute atomic E-state index is 0.285. The van der Waals surface area contributed by atoms with Crippen LogP contribution in [-0.4, -0.2) is 11.8 Å². The van der Waals surface area contributed by atoms with Gasteiger partial charge in [0.1, 0.15) is 0 Å². The van der Waals surface area contributed by atoms with Crippen LogP contribution in [-0.2, 0) is 0 Å². The highest BCUT2D eigenvalue weighted by atomic mass is 35.5. The summed E-state index contributed by atoms with van der Waals surface area (Å²) < 4.78 is 0. The van der Waals surface area contributed by atoms with Gasteiger partial charge in [-0.2, -0.15) is 4.91 Å². The van der Waals surface area contributed by atoms with E-state index >= 15 is 0 Å². The number of ketones is 1. The van der Waals surface area contributed by atoms with Crippen molar-refractivity contribution in [3.8, 4) is 0 Å². The molecule has 1 unspecified atom stereocenters. The normalized spacial score (nSPS) is 12.2. The summed E-state index contributed by atoms with van der Waals surface area (Å²) >= 11 is 5.63. The van der Waals surface area contributed by atoms with E-state index in [0.29, 0.717) is 10.6 Å². The molecule has 1 rings (SSSR count). The molecule has 1 aromatic carbocycles. The lowest BCUT2D eigenvalue weighted by molar-refractivity contribution is 0.0968. The second-order valence-electron chi connectivity index (χ2n) is 2.65. The zero-order valence-corrected chi connectivity index (χ0v) is 7.78. The van der Waals surface area contributed by atoms with Crippen LogP contribution in [0.3, 0.4) is 0 Å². The van der Waals surface area contributed by atoms with Gasteiger partial charge in [0.25, 0.3) is 0 Å². The van der Waals surface area contributed by atoms with Gasteiger partial charge in [0.2, 0.25) is 0 Å². The summed E-state index contributed by atoms with van der Waals surface area (Å²) in [7, 11) is 0. The van der Waals surface area contributed by atoms with Crippen LogP contribution in [0.5, 0.6) is 0 Å². The molecular formula is C9H8ClNO2. The molecule has 0 spiro atoms. The van der Waals surface area contributed by atoms with Gasteiger partial charge in [-0.25, -0.2) is 0 Å². The first-order valence-corrected chi connectivity index (χ1v) is 4.15. The maximum Gasteiger partial charge on any atom is 0.190 e. The Kier molecular flexibility index (Phi) is 3.14. The molecule has 0 saturated carbocycles. The number of benzene rings is 1. The van der Waals surface area contributed by atoms with E-state index in [-0.39, 0.29) is 5.78 Å². The van der Waals surface area contributed by atoms with Crippen molar-refractivity contribution >= 4 is 17.4 Å². The van der Waals surface area contributed by atoms with Crippen LogP contribution in [0.4, 0.5) is 0 Å². The van der Waals surface area contributed by atoms with Crippen LogP contribution >= 0.6 is 11.6 Å². The Morgan fingerprint density at radius 1 is 1.38 bits per heavy atom. The highest BCUT2D eigenvalue weighted by molar-refractivity contribution is 6.30. The Bertz CT molecular complexity index is 321. The molecule has 0 aliphatic heterocycles. The quantitative estimate of drug-likeness (QED) is 0.553. The van der Waals surface area contributed by atoms with Crippen molar-refractivity contribution in [3.63, 3.8) is 0 Å². The van der Waals surface area contributed by atoms with Crippen LogP contribution < -0.4 is 0 Å². The molecule has 13 heavy (non-hydrogen) atoms. The fourth-order valence-corrected chi connectivity index (χ4v) is 1.03. The molecule has 0 bridgehead atoms. The average molecular weight is 198 g/mol. The summed E-state index contributed by atoms with van der Waals surface area (Å²) in [4.78, 5) is 21.4. The van der Waals surface area contributed by atoms with E-state index in [2.05, 4.69) is 5.18 Å². The third kappa shape index (κ3) is 2.36. The molecular weight excluding hydrogens is 190 g/mol. The average Bonchev–Trinajstić information content (AvgIpc) is 2.17. The number of rotatable bonds is 3. The van der Waals surface area contributed by atoms with Gasteiger partial charge in [-0.1, -0.05) is 16.8 Å². The number of nitroso groups, excluding NO2 is 1. The van der Waals surface area contributed by atoms with Crippen LogP contribution in [0.1, 0.15) is 17.3 Å². The zero-order valence-electron chi connectivity index (χ0n) is 7.03. The molecule has 0 fully saturated rings. The second kappa shape index (κ2) is 4.14. The third-order valence-electron chi connectivity index (χ3n) is 1.67. The number of halogens is 1. The first-order valence-electron chi connectivity index (χ1n) is 3.77. The Morgan fingerprint density at radius 3 is 2.38 bits per heavy atom. The number of carbonyl (C=O) groups is 1. The van der Waals surface area contributed by atoms with Crippen LogP contribution in [0.25, 0.3) is 0 Å². The number of Topliss-reactive ketones (excluding diaryl/α,β-unsaturated/α-hetero) is 1. The molecule has 1 aromatic rings. The van der Waals surface area contributed by atoms with E-state index < -0.39 is 6.04 Å². The molecule has 3 nitrogen and oxygen atoms in total. The summed E-state index contributed by atoms with van der Waals surface area (Å²) in [6.07, 6.45) is 0. The summed E-state index contributed by atoms with van der Waals surface area (Å²) in [5, 5.41) is 3.21.